The van der Waals surface area contributed by atoms with Crippen LogP contribution in [0.5, 0.6) is 5.75 Å². The third kappa shape index (κ3) is 4.26. The molecular weight excluding hydrogens is 334 g/mol. The fraction of sp³-hybridized carbons (Fsp3) is 0.143. The number of nitrogens with one attached hydrogen (secondary N) is 2. The van der Waals surface area contributed by atoms with Crippen LogP contribution in [0.1, 0.15) is 10.4 Å². The van der Waals surface area contributed by atoms with Gasteiger partial charge in [-0.3, -0.25) is 25.1 Å². The van der Waals surface area contributed by atoms with Gasteiger partial charge in [-0.2, -0.15) is 4.99 Å². The Hall–Kier alpha value is -3.01. The average Bonchev–Trinajstić information content (AvgIpc) is 2.56. The van der Waals surface area contributed by atoms with Crippen molar-refractivity contribution in [3.63, 3.8) is 0 Å². The molecule has 0 atom stereocenters. The number of ether oxygens (including phenoxy) is 1. The van der Waals surface area contributed by atoms with Gasteiger partial charge in [0.2, 0.25) is 5.91 Å². The Morgan fingerprint density at radius 3 is 2.58 bits per heavy atom. The molecule has 0 fully saturated rings. The predicted molar refractivity (Wildman–Crippen MR) is 89.7 cm³/mol. The van der Waals surface area contributed by atoms with Crippen molar-refractivity contribution in [2.75, 3.05) is 12.9 Å². The van der Waals surface area contributed by atoms with Crippen LogP contribution < -0.4 is 15.8 Å². The lowest BCUT2D eigenvalue weighted by Crippen LogP contribution is -2.43. The summed E-state index contributed by atoms with van der Waals surface area (Å²) in [5, 5.41) is 10.1. The number of carbonyl (C=O) groups excluding carboxylic acids is 3. The highest BCUT2D eigenvalue weighted by Gasteiger charge is 2.26. The van der Waals surface area contributed by atoms with E-state index in [0.29, 0.717) is 5.75 Å². The molecule has 1 aliphatic rings. The Kier molecular flexibility index (Phi) is 5.42. The van der Waals surface area contributed by atoms with Crippen LogP contribution >= 0.6 is 11.8 Å². The summed E-state index contributed by atoms with van der Waals surface area (Å²) < 4.78 is 4.99. The van der Waals surface area contributed by atoms with Crippen LogP contribution in [-0.2, 0) is 9.59 Å². The number of aliphatic imine (C=N–C) groups is 2. The van der Waals surface area contributed by atoms with Crippen LogP contribution in [-0.4, -0.2) is 47.3 Å². The molecule has 1 aromatic rings. The smallest absolute Gasteiger partial charge is 0.279 e. The molecule has 1 aromatic carbocycles. The van der Waals surface area contributed by atoms with Crippen molar-refractivity contribution in [1.82, 2.24) is 5.32 Å². The van der Waals surface area contributed by atoms with Gasteiger partial charge in [-0.1, -0.05) is 11.8 Å². The molecule has 0 saturated carbocycles. The standard InChI is InChI=1S/C14H13N5O4S/c1-23-8-4-2-7(3-5-8)12(21)17-10-11(16)18-14(19-13(10)22)24-6-9(15)20/h2-5H,6H2,1H3,(H2,15,20)(H2,16,18,19,22). The molecule has 0 aliphatic carbocycles. The topological polar surface area (TPSA) is 147 Å². The van der Waals surface area contributed by atoms with E-state index >= 15 is 0 Å². The number of thioether (sulfide) groups is 1. The minimum absolute atomic E-state index is 0.0552. The van der Waals surface area contributed by atoms with Crippen molar-refractivity contribution in [3.8, 4) is 5.75 Å². The summed E-state index contributed by atoms with van der Waals surface area (Å²) in [6.07, 6.45) is 0. The minimum atomic E-state index is -0.746. The molecule has 3 amide bonds. The van der Waals surface area contributed by atoms with Gasteiger partial charge >= 0.3 is 0 Å². The highest BCUT2D eigenvalue weighted by atomic mass is 32.2. The molecule has 9 nitrogen and oxygen atoms in total. The summed E-state index contributed by atoms with van der Waals surface area (Å²) in [7, 11) is 1.50. The number of primary amides is 1. The van der Waals surface area contributed by atoms with E-state index in [0.717, 1.165) is 11.8 Å². The second-order valence-electron chi connectivity index (χ2n) is 4.47. The van der Waals surface area contributed by atoms with E-state index in [1.165, 1.54) is 19.2 Å². The number of carbonyl (C=O) groups is 3. The van der Waals surface area contributed by atoms with Gasteiger partial charge in [0.25, 0.3) is 11.8 Å². The zero-order valence-corrected chi connectivity index (χ0v) is 13.3. The third-order valence-electron chi connectivity index (χ3n) is 2.77. The third-order valence-corrected chi connectivity index (χ3v) is 3.67. The SMILES string of the molecule is COc1ccc(C(=O)N=C2C(=N)N=C(SCC(N)=O)NC2=O)cc1. The van der Waals surface area contributed by atoms with E-state index in [9.17, 15) is 14.4 Å². The Bertz CT molecular complexity index is 770. The molecule has 10 heteroatoms. The van der Waals surface area contributed by atoms with Crippen LogP contribution in [0, 0.1) is 5.41 Å². The van der Waals surface area contributed by atoms with E-state index in [1.807, 2.05) is 0 Å². The number of hydrogen-bond acceptors (Lipinski definition) is 6. The number of methoxy groups -OCH3 is 1. The molecule has 0 spiro atoms. The van der Waals surface area contributed by atoms with E-state index in [-0.39, 0.29) is 16.5 Å². The zero-order chi connectivity index (χ0) is 17.7. The molecule has 1 heterocycles. The van der Waals surface area contributed by atoms with Crippen molar-refractivity contribution in [1.29, 1.82) is 5.41 Å². The van der Waals surface area contributed by atoms with E-state index in [1.54, 1.807) is 12.1 Å². The molecule has 0 saturated heterocycles. The van der Waals surface area contributed by atoms with Crippen molar-refractivity contribution in [2.45, 2.75) is 0 Å². The van der Waals surface area contributed by atoms with Gasteiger partial charge in [-0.15, -0.1) is 0 Å². The number of amidine groups is 2. The van der Waals surface area contributed by atoms with Crippen molar-refractivity contribution >= 4 is 46.2 Å². The number of nitrogens with two attached hydrogens (primary N) is 1. The lowest BCUT2D eigenvalue weighted by Gasteiger charge is -2.14. The molecule has 4 N–H and O–H groups in total. The zero-order valence-electron chi connectivity index (χ0n) is 12.5. The minimum Gasteiger partial charge on any atom is -0.497 e. The summed E-state index contributed by atoms with van der Waals surface area (Å²) in [5.41, 5.74) is 4.83. The maximum atomic E-state index is 12.1. The van der Waals surface area contributed by atoms with Crippen LogP contribution in [0.4, 0.5) is 0 Å². The fourth-order valence-electron chi connectivity index (χ4n) is 1.66. The lowest BCUT2D eigenvalue weighted by molar-refractivity contribution is -0.115. The molecule has 24 heavy (non-hydrogen) atoms. The Morgan fingerprint density at radius 1 is 1.38 bits per heavy atom. The second kappa shape index (κ2) is 7.51. The predicted octanol–water partition coefficient (Wildman–Crippen LogP) is -0.0420. The highest BCUT2D eigenvalue weighted by molar-refractivity contribution is 8.14. The molecule has 0 radical (unpaired) electrons. The van der Waals surface area contributed by atoms with E-state index < -0.39 is 29.3 Å². The molecule has 124 valence electrons. The summed E-state index contributed by atoms with van der Waals surface area (Å²) in [4.78, 5) is 42.2. The summed E-state index contributed by atoms with van der Waals surface area (Å²) in [6, 6.07) is 6.15. The van der Waals surface area contributed by atoms with Crippen molar-refractivity contribution < 1.29 is 19.1 Å². The fourth-order valence-corrected chi connectivity index (χ4v) is 2.26. The molecule has 1 aliphatic heterocycles. The van der Waals surface area contributed by atoms with Gasteiger partial charge in [0.1, 0.15) is 5.75 Å². The van der Waals surface area contributed by atoms with Crippen molar-refractivity contribution in [2.24, 2.45) is 15.7 Å². The van der Waals surface area contributed by atoms with Gasteiger partial charge < -0.3 is 10.5 Å². The average molecular weight is 347 g/mol. The summed E-state index contributed by atoms with van der Waals surface area (Å²) >= 11 is 0.883. The van der Waals surface area contributed by atoms with Gasteiger partial charge in [-0.05, 0) is 24.3 Å². The Morgan fingerprint density at radius 2 is 2.04 bits per heavy atom. The maximum absolute atomic E-state index is 12.1. The van der Waals surface area contributed by atoms with Crippen LogP contribution in [0.15, 0.2) is 34.3 Å². The Labute approximate surface area is 140 Å². The van der Waals surface area contributed by atoms with Crippen LogP contribution in [0.2, 0.25) is 0 Å². The van der Waals surface area contributed by atoms with E-state index in [4.69, 9.17) is 15.9 Å². The van der Waals surface area contributed by atoms with Crippen LogP contribution in [0.3, 0.4) is 0 Å². The van der Waals surface area contributed by atoms with Crippen molar-refractivity contribution in [3.05, 3.63) is 29.8 Å². The maximum Gasteiger partial charge on any atom is 0.279 e. The second-order valence-corrected chi connectivity index (χ2v) is 5.43. The lowest BCUT2D eigenvalue weighted by atomic mass is 10.2. The summed E-state index contributed by atoms with van der Waals surface area (Å²) in [5.74, 6) is -2.00. The van der Waals surface area contributed by atoms with Crippen LogP contribution in [0.25, 0.3) is 0 Å². The number of rotatable bonds is 4. The first kappa shape index (κ1) is 17.3. The van der Waals surface area contributed by atoms with Gasteiger partial charge in [0.05, 0.1) is 12.9 Å². The van der Waals surface area contributed by atoms with E-state index in [2.05, 4.69) is 15.3 Å². The number of hydrogen-bond donors (Lipinski definition) is 3. The monoisotopic (exact) mass is 347 g/mol. The molecular formula is C14H13N5O4S. The Balaban J connectivity index is 2.17. The normalized spacial score (nSPS) is 15.7. The largest absolute Gasteiger partial charge is 0.497 e. The van der Waals surface area contributed by atoms with Gasteiger partial charge in [0, 0.05) is 5.56 Å². The summed E-state index contributed by atoms with van der Waals surface area (Å²) in [6.45, 7) is 0. The highest BCUT2D eigenvalue weighted by Crippen LogP contribution is 2.13. The molecule has 0 bridgehead atoms. The molecule has 0 aromatic heterocycles. The first-order chi connectivity index (χ1) is 11.4. The molecule has 2 rings (SSSR count). The first-order valence-electron chi connectivity index (χ1n) is 6.58. The van der Waals surface area contributed by atoms with Gasteiger partial charge in [0.15, 0.2) is 16.7 Å². The first-order valence-corrected chi connectivity index (χ1v) is 7.56. The van der Waals surface area contributed by atoms with Gasteiger partial charge in [-0.25, -0.2) is 4.99 Å². The molecule has 0 unspecified atom stereocenters. The number of amides is 3. The quantitative estimate of drug-likeness (QED) is 0.699. The number of nitrogens with zero attached hydrogens (tertiary/aromatic N) is 2. The number of benzene rings is 1.